The lowest BCUT2D eigenvalue weighted by Crippen LogP contribution is -2.16. The van der Waals surface area contributed by atoms with Crippen molar-refractivity contribution >= 4 is 49.8 Å². The van der Waals surface area contributed by atoms with Crippen LogP contribution in [-0.2, 0) is 5.41 Å². The summed E-state index contributed by atoms with van der Waals surface area (Å²) in [6.45, 7) is 4.73. The average Bonchev–Trinajstić information content (AvgIpc) is 3.83. The van der Waals surface area contributed by atoms with Gasteiger partial charge in [0.05, 0.1) is 5.69 Å². The molecule has 0 aliphatic heterocycles. The van der Waals surface area contributed by atoms with Gasteiger partial charge in [0.15, 0.2) is 0 Å². The predicted octanol–water partition coefficient (Wildman–Crippen LogP) is 17.2. The summed E-state index contributed by atoms with van der Waals surface area (Å²) in [7, 11) is 0. The van der Waals surface area contributed by atoms with Gasteiger partial charge in [0.1, 0.15) is 11.2 Å². The molecule has 298 valence electrons. The zero-order valence-corrected chi connectivity index (χ0v) is 35.2. The number of rotatable bonds is 7. The zero-order chi connectivity index (χ0) is 42.1. The van der Waals surface area contributed by atoms with Crippen LogP contribution >= 0.6 is 0 Å². The highest BCUT2D eigenvalue weighted by Crippen LogP contribution is 2.52. The van der Waals surface area contributed by atoms with Crippen molar-refractivity contribution < 1.29 is 4.42 Å². The van der Waals surface area contributed by atoms with Gasteiger partial charge < -0.3 is 9.32 Å². The Morgan fingerprint density at radius 1 is 0.349 bits per heavy atom. The zero-order valence-electron chi connectivity index (χ0n) is 35.2. The molecule has 63 heavy (non-hydrogen) atoms. The Kier molecular flexibility index (Phi) is 8.55. The van der Waals surface area contributed by atoms with Crippen molar-refractivity contribution in [3.05, 3.63) is 236 Å². The first-order chi connectivity index (χ1) is 31.0. The minimum absolute atomic E-state index is 0.108. The van der Waals surface area contributed by atoms with Gasteiger partial charge in [-0.1, -0.05) is 184 Å². The second-order valence-electron chi connectivity index (χ2n) is 17.3. The summed E-state index contributed by atoms with van der Waals surface area (Å²) in [4.78, 5) is 2.41. The molecule has 0 saturated heterocycles. The summed E-state index contributed by atoms with van der Waals surface area (Å²) in [6.07, 6.45) is 0. The maximum Gasteiger partial charge on any atom is 0.136 e. The van der Waals surface area contributed by atoms with E-state index in [-0.39, 0.29) is 5.41 Å². The molecular formula is C61H43NO. The first-order valence-corrected chi connectivity index (χ1v) is 21.8. The predicted molar refractivity (Wildman–Crippen MR) is 265 cm³/mol. The maximum absolute atomic E-state index is 6.29. The standard InChI is InChI=1S/C61H43NO/c1-61(2)56-25-8-5-20-52(56)55-24-13-23-51(60(55)61)42-30-35-47(36-31-42)62(46-33-28-40(29-34-46)43-32-37-54-53-21-7-10-27-58(53)63-59(54)39-43)57-26-9-6-19-50(57)45-17-11-16-44(38-45)49-22-12-15-41-14-3-4-18-48(41)49/h3-39H,1-2H3. The first-order valence-electron chi connectivity index (χ1n) is 21.8. The molecule has 0 spiro atoms. The van der Waals surface area contributed by atoms with Gasteiger partial charge in [-0.2, -0.15) is 0 Å². The molecule has 12 rings (SSSR count). The van der Waals surface area contributed by atoms with Crippen LogP contribution in [0.25, 0.3) is 88.3 Å². The van der Waals surface area contributed by atoms with E-state index in [1.807, 2.05) is 12.1 Å². The fraction of sp³-hybridized carbons (Fsp3) is 0.0492. The van der Waals surface area contributed by atoms with Crippen LogP contribution in [0, 0.1) is 0 Å². The van der Waals surface area contributed by atoms with E-state index in [1.165, 1.54) is 55.3 Å². The van der Waals surface area contributed by atoms with E-state index in [4.69, 9.17) is 4.42 Å². The minimum Gasteiger partial charge on any atom is -0.456 e. The van der Waals surface area contributed by atoms with Crippen LogP contribution in [0.1, 0.15) is 25.0 Å². The number of benzene rings is 10. The molecular weight excluding hydrogens is 763 g/mol. The maximum atomic E-state index is 6.29. The van der Waals surface area contributed by atoms with Crippen LogP contribution in [0.15, 0.2) is 229 Å². The number of nitrogens with zero attached hydrogens (tertiary/aromatic N) is 1. The Balaban J connectivity index is 0.976. The number of hydrogen-bond acceptors (Lipinski definition) is 2. The number of fused-ring (bicyclic) bond motifs is 7. The molecule has 0 saturated carbocycles. The highest BCUT2D eigenvalue weighted by atomic mass is 16.3. The SMILES string of the molecule is CC1(C)c2ccccc2-c2cccc(-c3ccc(N(c4ccc(-c5ccc6c(c5)oc5ccccc56)cc4)c4ccccc4-c4cccc(-c5cccc6ccccc56)c4)cc3)c21. The van der Waals surface area contributed by atoms with Gasteiger partial charge in [0.2, 0.25) is 0 Å². The lowest BCUT2D eigenvalue weighted by molar-refractivity contribution is 0.662. The molecule has 1 aromatic heterocycles. The van der Waals surface area contributed by atoms with Crippen molar-refractivity contribution in [1.82, 2.24) is 0 Å². The Morgan fingerprint density at radius 2 is 0.905 bits per heavy atom. The molecule has 1 heterocycles. The first kappa shape index (κ1) is 36.9. The number of para-hydroxylation sites is 2. The van der Waals surface area contributed by atoms with Gasteiger partial charge in [0.25, 0.3) is 0 Å². The van der Waals surface area contributed by atoms with Crippen molar-refractivity contribution in [3.8, 4) is 55.6 Å². The van der Waals surface area contributed by atoms with E-state index in [0.717, 1.165) is 61.3 Å². The molecule has 0 N–H and O–H groups in total. The van der Waals surface area contributed by atoms with E-state index in [0.29, 0.717) is 0 Å². The van der Waals surface area contributed by atoms with E-state index >= 15 is 0 Å². The summed E-state index contributed by atoms with van der Waals surface area (Å²) in [5.41, 5.74) is 19.9. The topological polar surface area (TPSA) is 16.4 Å². The third kappa shape index (κ3) is 6.09. The molecule has 1 aliphatic rings. The van der Waals surface area contributed by atoms with Crippen molar-refractivity contribution in [2.75, 3.05) is 4.90 Å². The largest absolute Gasteiger partial charge is 0.456 e. The van der Waals surface area contributed by atoms with Crippen LogP contribution in [0.4, 0.5) is 17.1 Å². The Morgan fingerprint density at radius 3 is 1.73 bits per heavy atom. The van der Waals surface area contributed by atoms with Crippen LogP contribution < -0.4 is 4.90 Å². The fourth-order valence-electron chi connectivity index (χ4n) is 10.3. The van der Waals surface area contributed by atoms with E-state index in [9.17, 15) is 0 Å². The van der Waals surface area contributed by atoms with Gasteiger partial charge in [-0.3, -0.25) is 0 Å². The molecule has 10 aromatic carbocycles. The van der Waals surface area contributed by atoms with Gasteiger partial charge in [-0.05, 0) is 127 Å². The molecule has 0 unspecified atom stereocenters. The summed E-state index contributed by atoms with van der Waals surface area (Å²) in [5, 5.41) is 4.77. The molecule has 2 heteroatoms. The fourth-order valence-corrected chi connectivity index (χ4v) is 10.3. The summed E-state index contributed by atoms with van der Waals surface area (Å²) < 4.78 is 6.29. The Hall–Kier alpha value is -7.94. The van der Waals surface area contributed by atoms with E-state index < -0.39 is 0 Å². The van der Waals surface area contributed by atoms with Crippen molar-refractivity contribution in [1.29, 1.82) is 0 Å². The molecule has 0 amide bonds. The van der Waals surface area contributed by atoms with Crippen LogP contribution in [-0.4, -0.2) is 0 Å². The summed E-state index contributed by atoms with van der Waals surface area (Å²) in [6, 6.07) is 81.6. The summed E-state index contributed by atoms with van der Waals surface area (Å²) >= 11 is 0. The Bertz CT molecular complexity index is 3530. The lowest BCUT2D eigenvalue weighted by atomic mass is 9.79. The molecule has 0 atom stereocenters. The van der Waals surface area contributed by atoms with Crippen molar-refractivity contribution in [3.63, 3.8) is 0 Å². The smallest absolute Gasteiger partial charge is 0.136 e. The number of hydrogen-bond donors (Lipinski definition) is 0. The van der Waals surface area contributed by atoms with Gasteiger partial charge >= 0.3 is 0 Å². The lowest BCUT2D eigenvalue weighted by Gasteiger charge is -2.29. The molecule has 11 aromatic rings. The highest BCUT2D eigenvalue weighted by molar-refractivity contribution is 6.06. The highest BCUT2D eigenvalue weighted by Gasteiger charge is 2.37. The van der Waals surface area contributed by atoms with Crippen molar-refractivity contribution in [2.24, 2.45) is 0 Å². The monoisotopic (exact) mass is 805 g/mol. The van der Waals surface area contributed by atoms with Crippen molar-refractivity contribution in [2.45, 2.75) is 19.3 Å². The molecule has 0 fully saturated rings. The molecule has 0 radical (unpaired) electrons. The van der Waals surface area contributed by atoms with Crippen LogP contribution in [0.2, 0.25) is 0 Å². The number of furan rings is 1. The second-order valence-corrected chi connectivity index (χ2v) is 17.3. The third-order valence-electron chi connectivity index (χ3n) is 13.3. The number of anilines is 3. The third-order valence-corrected chi connectivity index (χ3v) is 13.3. The van der Waals surface area contributed by atoms with Gasteiger partial charge in [-0.15, -0.1) is 0 Å². The normalized spacial score (nSPS) is 12.7. The summed E-state index contributed by atoms with van der Waals surface area (Å²) in [5.74, 6) is 0. The average molecular weight is 806 g/mol. The Labute approximate surface area is 368 Å². The molecule has 0 bridgehead atoms. The van der Waals surface area contributed by atoms with Gasteiger partial charge in [-0.25, -0.2) is 0 Å². The van der Waals surface area contributed by atoms with E-state index in [1.54, 1.807) is 0 Å². The quantitative estimate of drug-likeness (QED) is 0.160. The minimum atomic E-state index is -0.108. The molecule has 2 nitrogen and oxygen atoms in total. The van der Waals surface area contributed by atoms with Crippen LogP contribution in [0.5, 0.6) is 0 Å². The van der Waals surface area contributed by atoms with Gasteiger partial charge in [0, 0.05) is 33.1 Å². The molecule has 1 aliphatic carbocycles. The second kappa shape index (κ2) is 14.6. The van der Waals surface area contributed by atoms with Crippen LogP contribution in [0.3, 0.4) is 0 Å². The van der Waals surface area contributed by atoms with E-state index in [2.05, 4.69) is 231 Å².